The Hall–Kier alpha value is -1.63. The molecule has 2 fully saturated rings. The molecule has 2 unspecified atom stereocenters. The topological polar surface area (TPSA) is 81.2 Å². The number of nitrogens with zero attached hydrogens (tertiary/aromatic N) is 3. The summed E-state index contributed by atoms with van der Waals surface area (Å²) in [4.78, 5) is 12.9. The van der Waals surface area contributed by atoms with Gasteiger partial charge in [0.05, 0.1) is 18.8 Å². The highest BCUT2D eigenvalue weighted by Gasteiger charge is 2.40. The van der Waals surface area contributed by atoms with Gasteiger partial charge in [0.25, 0.3) is 0 Å². The van der Waals surface area contributed by atoms with Gasteiger partial charge in [-0.1, -0.05) is 6.92 Å². The van der Waals surface area contributed by atoms with Gasteiger partial charge in [-0.15, -0.1) is 0 Å². The zero-order chi connectivity index (χ0) is 14.7. The van der Waals surface area contributed by atoms with Gasteiger partial charge in [-0.3, -0.25) is 0 Å². The summed E-state index contributed by atoms with van der Waals surface area (Å²) in [5.41, 5.74) is 0. The van der Waals surface area contributed by atoms with Gasteiger partial charge < -0.3 is 20.1 Å². The van der Waals surface area contributed by atoms with Crippen LogP contribution in [0.15, 0.2) is 0 Å². The molecule has 1 aromatic heterocycles. The number of aromatic nitrogens is 3. The van der Waals surface area contributed by atoms with E-state index in [0.717, 1.165) is 19.4 Å². The first-order chi connectivity index (χ1) is 10.3. The fourth-order valence-electron chi connectivity index (χ4n) is 2.61. The summed E-state index contributed by atoms with van der Waals surface area (Å²) in [5.74, 6) is 1.77. The molecule has 2 aliphatic rings. The molecule has 2 heterocycles. The predicted octanol–water partition coefficient (Wildman–Crippen LogP) is 1.68. The maximum Gasteiger partial charge on any atom is 0.323 e. The van der Waals surface area contributed by atoms with Crippen molar-refractivity contribution in [1.82, 2.24) is 15.0 Å². The van der Waals surface area contributed by atoms with Crippen molar-refractivity contribution >= 4 is 11.9 Å². The molecule has 0 bridgehead atoms. The second-order valence-corrected chi connectivity index (χ2v) is 5.58. The Morgan fingerprint density at radius 2 is 2.00 bits per heavy atom. The Kier molecular flexibility index (Phi) is 4.38. The third-order valence-electron chi connectivity index (χ3n) is 3.81. The number of ether oxygens (including phenoxy) is 2. The highest BCUT2D eigenvalue weighted by molar-refractivity contribution is 5.36. The van der Waals surface area contributed by atoms with Gasteiger partial charge in [0.15, 0.2) is 0 Å². The van der Waals surface area contributed by atoms with Crippen LogP contribution in [-0.2, 0) is 4.74 Å². The summed E-state index contributed by atoms with van der Waals surface area (Å²) in [5, 5.41) is 6.34. The van der Waals surface area contributed by atoms with E-state index in [1.807, 2.05) is 0 Å². The van der Waals surface area contributed by atoms with Gasteiger partial charge in [0.1, 0.15) is 0 Å². The minimum Gasteiger partial charge on any atom is -0.463 e. The van der Waals surface area contributed by atoms with E-state index in [2.05, 4.69) is 32.5 Å². The molecule has 0 amide bonds. The molecule has 7 nitrogen and oxygen atoms in total. The fraction of sp³-hybridized carbons (Fsp3) is 0.786. The number of anilines is 2. The summed E-state index contributed by atoms with van der Waals surface area (Å²) < 4.78 is 11.3. The van der Waals surface area contributed by atoms with Crippen molar-refractivity contribution in [1.29, 1.82) is 0 Å². The van der Waals surface area contributed by atoms with E-state index in [-0.39, 0.29) is 6.04 Å². The average molecular weight is 293 g/mol. The van der Waals surface area contributed by atoms with Crippen LogP contribution in [0.2, 0.25) is 0 Å². The van der Waals surface area contributed by atoms with Gasteiger partial charge in [0, 0.05) is 13.7 Å². The maximum atomic E-state index is 5.83. The molecule has 2 atom stereocenters. The minimum absolute atomic E-state index is 0.281. The Balaban J connectivity index is 1.70. The third-order valence-corrected chi connectivity index (χ3v) is 3.81. The normalized spacial score (nSPS) is 24.9. The Labute approximate surface area is 124 Å². The van der Waals surface area contributed by atoms with Crippen molar-refractivity contribution in [2.75, 3.05) is 30.9 Å². The molecule has 0 aromatic carbocycles. The molecular formula is C14H23N5O2. The van der Waals surface area contributed by atoms with Gasteiger partial charge >= 0.3 is 6.01 Å². The lowest BCUT2D eigenvalue weighted by molar-refractivity contribution is 0.0897. The molecule has 1 saturated carbocycles. The average Bonchev–Trinajstić information content (AvgIpc) is 3.25. The lowest BCUT2D eigenvalue weighted by Crippen LogP contribution is -2.31. The first-order valence-electron chi connectivity index (χ1n) is 7.75. The third kappa shape index (κ3) is 3.53. The Morgan fingerprint density at radius 3 is 2.71 bits per heavy atom. The molecule has 0 spiro atoms. The first kappa shape index (κ1) is 14.3. The van der Waals surface area contributed by atoms with Crippen LogP contribution in [0.3, 0.4) is 0 Å². The van der Waals surface area contributed by atoms with Crippen molar-refractivity contribution in [2.24, 2.45) is 5.92 Å². The van der Waals surface area contributed by atoms with Gasteiger partial charge in [0.2, 0.25) is 11.9 Å². The second-order valence-electron chi connectivity index (χ2n) is 5.58. The molecule has 21 heavy (non-hydrogen) atoms. The maximum absolute atomic E-state index is 5.83. The van der Waals surface area contributed by atoms with Crippen LogP contribution >= 0.6 is 0 Å². The minimum atomic E-state index is 0.281. The van der Waals surface area contributed by atoms with Crippen LogP contribution in [0, 0.1) is 5.92 Å². The van der Waals surface area contributed by atoms with Crippen molar-refractivity contribution in [2.45, 2.75) is 44.8 Å². The second kappa shape index (κ2) is 6.43. The van der Waals surface area contributed by atoms with Crippen molar-refractivity contribution in [3.8, 4) is 6.01 Å². The van der Waals surface area contributed by atoms with E-state index < -0.39 is 0 Å². The largest absolute Gasteiger partial charge is 0.463 e. The van der Waals surface area contributed by atoms with E-state index in [1.165, 1.54) is 12.8 Å². The number of hydrogen-bond donors (Lipinski definition) is 2. The molecule has 1 saturated heterocycles. The highest BCUT2D eigenvalue weighted by atomic mass is 16.5. The molecule has 0 radical (unpaired) electrons. The molecule has 116 valence electrons. The molecule has 7 heteroatoms. The predicted molar refractivity (Wildman–Crippen MR) is 79.7 cm³/mol. The van der Waals surface area contributed by atoms with Crippen LogP contribution in [0.25, 0.3) is 0 Å². The van der Waals surface area contributed by atoms with E-state index in [0.29, 0.717) is 36.5 Å². The number of nitrogens with one attached hydrogen (secondary N) is 2. The molecule has 1 aliphatic carbocycles. The standard InChI is InChI=1S/C14H23N5O2/c1-3-7-21-14-18-12(15-2)17-13(19-14)16-10-6-8-20-11(10)9-4-5-9/h9-11H,3-8H2,1-2H3,(H2,15,16,17,18,19). The number of hydrogen-bond acceptors (Lipinski definition) is 7. The van der Waals surface area contributed by atoms with Crippen LogP contribution in [-0.4, -0.2) is 47.4 Å². The quantitative estimate of drug-likeness (QED) is 0.791. The smallest absolute Gasteiger partial charge is 0.323 e. The first-order valence-corrected chi connectivity index (χ1v) is 7.75. The zero-order valence-corrected chi connectivity index (χ0v) is 12.6. The molecule has 1 aliphatic heterocycles. The van der Waals surface area contributed by atoms with Gasteiger partial charge in [-0.05, 0) is 31.6 Å². The molecule has 2 N–H and O–H groups in total. The SMILES string of the molecule is CCCOc1nc(NC)nc(NC2CCOC2C2CC2)n1. The van der Waals surface area contributed by atoms with Crippen LogP contribution in [0.5, 0.6) is 6.01 Å². The summed E-state index contributed by atoms with van der Waals surface area (Å²) in [6.45, 7) is 3.46. The molecular weight excluding hydrogens is 270 g/mol. The van der Waals surface area contributed by atoms with Crippen LogP contribution in [0.1, 0.15) is 32.6 Å². The zero-order valence-electron chi connectivity index (χ0n) is 12.6. The van der Waals surface area contributed by atoms with Gasteiger partial charge in [-0.2, -0.15) is 15.0 Å². The lowest BCUT2D eigenvalue weighted by Gasteiger charge is -2.19. The summed E-state index contributed by atoms with van der Waals surface area (Å²) in [6.07, 6.45) is 4.75. The fourth-order valence-corrected chi connectivity index (χ4v) is 2.61. The molecule has 1 aromatic rings. The number of rotatable bonds is 7. The van der Waals surface area contributed by atoms with Gasteiger partial charge in [-0.25, -0.2) is 0 Å². The van der Waals surface area contributed by atoms with Crippen LogP contribution < -0.4 is 15.4 Å². The summed E-state index contributed by atoms with van der Waals surface area (Å²) in [7, 11) is 1.79. The van der Waals surface area contributed by atoms with E-state index in [1.54, 1.807) is 7.05 Å². The Morgan fingerprint density at radius 1 is 1.19 bits per heavy atom. The monoisotopic (exact) mass is 293 g/mol. The van der Waals surface area contributed by atoms with Crippen LogP contribution in [0.4, 0.5) is 11.9 Å². The van der Waals surface area contributed by atoms with Crippen molar-refractivity contribution in [3.05, 3.63) is 0 Å². The lowest BCUT2D eigenvalue weighted by atomic mass is 10.1. The van der Waals surface area contributed by atoms with E-state index in [9.17, 15) is 0 Å². The van der Waals surface area contributed by atoms with E-state index >= 15 is 0 Å². The van der Waals surface area contributed by atoms with E-state index in [4.69, 9.17) is 9.47 Å². The Bertz CT molecular complexity index is 480. The van der Waals surface area contributed by atoms with Crippen molar-refractivity contribution < 1.29 is 9.47 Å². The molecule has 3 rings (SSSR count). The summed E-state index contributed by atoms with van der Waals surface area (Å²) >= 11 is 0. The van der Waals surface area contributed by atoms with Crippen molar-refractivity contribution in [3.63, 3.8) is 0 Å². The highest BCUT2D eigenvalue weighted by Crippen LogP contribution is 2.39. The summed E-state index contributed by atoms with van der Waals surface area (Å²) in [6, 6.07) is 0.643.